The van der Waals surface area contributed by atoms with Crippen molar-refractivity contribution >= 4 is 27.5 Å². The van der Waals surface area contributed by atoms with E-state index < -0.39 is 21.5 Å². The van der Waals surface area contributed by atoms with Crippen LogP contribution in [0.5, 0.6) is 11.5 Å². The summed E-state index contributed by atoms with van der Waals surface area (Å²) in [6.07, 6.45) is 0.755. The molecular weight excluding hydrogens is 420 g/mol. The maximum absolute atomic E-state index is 12.4. The Kier molecular flexibility index (Phi) is 6.11. The molecule has 0 saturated heterocycles. The zero-order chi connectivity index (χ0) is 21.2. The fourth-order valence-electron chi connectivity index (χ4n) is 2.70. The van der Waals surface area contributed by atoms with Crippen molar-refractivity contribution in [2.45, 2.75) is 44.4 Å². The second-order valence-electron chi connectivity index (χ2n) is 7.61. The Hall–Kier alpha value is -2.23. The summed E-state index contributed by atoms with van der Waals surface area (Å²) >= 11 is 6.25. The third kappa shape index (κ3) is 5.43. The number of ether oxygens (including phenoxy) is 2. The number of benzene rings is 1. The molecule has 29 heavy (non-hydrogen) atoms. The van der Waals surface area contributed by atoms with E-state index in [0.29, 0.717) is 35.3 Å². The smallest absolute Gasteiger partial charge is 0.287 e. The van der Waals surface area contributed by atoms with E-state index in [1.165, 1.54) is 12.1 Å². The van der Waals surface area contributed by atoms with Gasteiger partial charge in [0.2, 0.25) is 5.09 Å². The van der Waals surface area contributed by atoms with Crippen LogP contribution in [0.3, 0.4) is 0 Å². The lowest BCUT2D eigenvalue weighted by Crippen LogP contribution is -2.40. The fraction of sp³-hybridized carbons (Fsp3) is 0.421. The van der Waals surface area contributed by atoms with Gasteiger partial charge in [0.15, 0.2) is 17.3 Å². The van der Waals surface area contributed by atoms with Crippen LogP contribution in [0.15, 0.2) is 33.8 Å². The number of carbonyl (C=O) groups is 1. The van der Waals surface area contributed by atoms with Crippen LogP contribution < -0.4 is 19.5 Å². The van der Waals surface area contributed by atoms with Gasteiger partial charge in [-0.3, -0.25) is 4.79 Å². The van der Waals surface area contributed by atoms with E-state index >= 15 is 0 Å². The SMILES string of the molecule is CC(C)(C)NS(=O)(=O)c1ccc(C(=O)NCc2cc(Cl)c3c(c2)OCCCO3)o1. The number of sulfonamides is 1. The molecule has 1 aliphatic rings. The van der Waals surface area contributed by atoms with Gasteiger partial charge in [-0.1, -0.05) is 11.6 Å². The van der Waals surface area contributed by atoms with Crippen LogP contribution in [0, 0.1) is 0 Å². The predicted octanol–water partition coefficient (Wildman–Crippen LogP) is 3.10. The number of carbonyl (C=O) groups excluding carboxylic acids is 1. The lowest BCUT2D eigenvalue weighted by atomic mass is 10.1. The molecule has 1 aliphatic heterocycles. The number of hydrogen-bond acceptors (Lipinski definition) is 6. The minimum absolute atomic E-state index is 0.111. The summed E-state index contributed by atoms with van der Waals surface area (Å²) in [7, 11) is -3.86. The minimum Gasteiger partial charge on any atom is -0.489 e. The van der Waals surface area contributed by atoms with Gasteiger partial charge in [-0.2, -0.15) is 0 Å². The minimum atomic E-state index is -3.86. The molecule has 1 aromatic heterocycles. The molecule has 158 valence electrons. The lowest BCUT2D eigenvalue weighted by Gasteiger charge is -2.18. The van der Waals surface area contributed by atoms with Crippen LogP contribution in [0.2, 0.25) is 5.02 Å². The van der Waals surface area contributed by atoms with Gasteiger partial charge >= 0.3 is 0 Å². The average molecular weight is 443 g/mol. The van der Waals surface area contributed by atoms with Crippen LogP contribution >= 0.6 is 11.6 Å². The van der Waals surface area contributed by atoms with E-state index in [1.54, 1.807) is 32.9 Å². The van der Waals surface area contributed by atoms with Crippen LogP contribution in [0.1, 0.15) is 43.3 Å². The summed E-state index contributed by atoms with van der Waals surface area (Å²) < 4.78 is 43.5. The predicted molar refractivity (Wildman–Crippen MR) is 107 cm³/mol. The second kappa shape index (κ2) is 8.25. The topological polar surface area (TPSA) is 107 Å². The van der Waals surface area contributed by atoms with E-state index in [4.69, 9.17) is 25.5 Å². The molecule has 0 radical (unpaired) electrons. The van der Waals surface area contributed by atoms with Crippen molar-refractivity contribution in [2.24, 2.45) is 0 Å². The van der Waals surface area contributed by atoms with Gasteiger partial charge in [-0.15, -0.1) is 0 Å². The fourth-order valence-corrected chi connectivity index (χ4v) is 4.34. The first kappa shape index (κ1) is 21.5. The van der Waals surface area contributed by atoms with Crippen molar-refractivity contribution in [2.75, 3.05) is 13.2 Å². The van der Waals surface area contributed by atoms with E-state index in [-0.39, 0.29) is 17.4 Å². The Morgan fingerprint density at radius 2 is 1.90 bits per heavy atom. The molecule has 1 amide bonds. The molecule has 8 nitrogen and oxygen atoms in total. The first-order valence-electron chi connectivity index (χ1n) is 9.05. The monoisotopic (exact) mass is 442 g/mol. The maximum Gasteiger partial charge on any atom is 0.287 e. The van der Waals surface area contributed by atoms with Gasteiger partial charge in [0.05, 0.1) is 18.2 Å². The van der Waals surface area contributed by atoms with Crippen molar-refractivity contribution in [3.05, 3.63) is 40.6 Å². The van der Waals surface area contributed by atoms with Crippen molar-refractivity contribution in [1.29, 1.82) is 0 Å². The second-order valence-corrected chi connectivity index (χ2v) is 9.63. The highest BCUT2D eigenvalue weighted by Crippen LogP contribution is 2.38. The molecule has 2 aromatic rings. The molecule has 0 spiro atoms. The summed E-state index contributed by atoms with van der Waals surface area (Å²) in [5.74, 6) is 0.357. The van der Waals surface area contributed by atoms with Gasteiger partial charge in [-0.05, 0) is 50.6 Å². The number of amides is 1. The normalized spacial score (nSPS) is 14.3. The summed E-state index contributed by atoms with van der Waals surface area (Å²) in [5, 5.41) is 2.75. The number of nitrogens with one attached hydrogen (secondary N) is 2. The zero-order valence-corrected chi connectivity index (χ0v) is 17.9. The third-order valence-electron chi connectivity index (χ3n) is 3.83. The highest BCUT2D eigenvalue weighted by molar-refractivity contribution is 7.89. The van der Waals surface area contributed by atoms with E-state index in [0.717, 1.165) is 6.42 Å². The average Bonchev–Trinajstić information content (AvgIpc) is 2.99. The molecule has 0 fully saturated rings. The first-order chi connectivity index (χ1) is 13.5. The Morgan fingerprint density at radius 1 is 1.17 bits per heavy atom. The molecule has 0 unspecified atom stereocenters. The molecule has 0 bridgehead atoms. The zero-order valence-electron chi connectivity index (χ0n) is 16.4. The van der Waals surface area contributed by atoms with Crippen LogP contribution in [-0.2, 0) is 16.6 Å². The molecule has 3 rings (SSSR count). The number of rotatable bonds is 5. The quantitative estimate of drug-likeness (QED) is 0.736. The molecule has 10 heteroatoms. The summed E-state index contributed by atoms with van der Waals surface area (Å²) in [6, 6.07) is 5.99. The van der Waals surface area contributed by atoms with Crippen LogP contribution in [0.4, 0.5) is 0 Å². The third-order valence-corrected chi connectivity index (χ3v) is 5.74. The number of halogens is 1. The van der Waals surface area contributed by atoms with Crippen molar-refractivity contribution in [3.63, 3.8) is 0 Å². The van der Waals surface area contributed by atoms with Crippen LogP contribution in [-0.4, -0.2) is 33.1 Å². The summed E-state index contributed by atoms with van der Waals surface area (Å²) in [5.41, 5.74) is 0.0335. The Balaban J connectivity index is 1.68. The highest BCUT2D eigenvalue weighted by atomic mass is 35.5. The number of fused-ring (bicyclic) bond motifs is 1. The van der Waals surface area contributed by atoms with E-state index in [9.17, 15) is 13.2 Å². The van der Waals surface area contributed by atoms with E-state index in [1.807, 2.05) is 0 Å². The molecule has 2 heterocycles. The molecule has 0 saturated carbocycles. The van der Waals surface area contributed by atoms with Crippen molar-refractivity contribution in [3.8, 4) is 11.5 Å². The van der Waals surface area contributed by atoms with Gasteiger partial charge in [0.25, 0.3) is 15.9 Å². The van der Waals surface area contributed by atoms with Gasteiger partial charge in [0.1, 0.15) is 0 Å². The largest absolute Gasteiger partial charge is 0.489 e. The van der Waals surface area contributed by atoms with Crippen molar-refractivity contribution in [1.82, 2.24) is 10.0 Å². The summed E-state index contributed by atoms with van der Waals surface area (Å²) in [6.45, 7) is 6.32. The molecule has 0 atom stereocenters. The Labute approximate surface area is 174 Å². The lowest BCUT2D eigenvalue weighted by molar-refractivity contribution is 0.0917. The number of hydrogen-bond donors (Lipinski definition) is 2. The standard InChI is InChI=1S/C19H23ClN2O6S/c1-19(2,3)22-29(24,25)16-6-5-14(28-16)18(23)21-11-12-9-13(20)17-15(10-12)26-7-4-8-27-17/h5-6,9-10,22H,4,7-8,11H2,1-3H3,(H,21,23). The summed E-state index contributed by atoms with van der Waals surface area (Å²) in [4.78, 5) is 12.4. The molecule has 1 aromatic carbocycles. The number of furan rings is 1. The molecule has 2 N–H and O–H groups in total. The maximum atomic E-state index is 12.4. The van der Waals surface area contributed by atoms with Gasteiger partial charge in [0, 0.05) is 18.5 Å². The Morgan fingerprint density at radius 3 is 2.62 bits per heavy atom. The van der Waals surface area contributed by atoms with Gasteiger partial charge in [-0.25, -0.2) is 13.1 Å². The first-order valence-corrected chi connectivity index (χ1v) is 10.9. The van der Waals surface area contributed by atoms with Crippen LogP contribution in [0.25, 0.3) is 0 Å². The van der Waals surface area contributed by atoms with Crippen molar-refractivity contribution < 1.29 is 27.1 Å². The molecular formula is C19H23ClN2O6S. The van der Waals surface area contributed by atoms with E-state index in [2.05, 4.69) is 10.0 Å². The molecule has 0 aliphatic carbocycles. The Bertz CT molecular complexity index is 1010. The highest BCUT2D eigenvalue weighted by Gasteiger charge is 2.26. The van der Waals surface area contributed by atoms with Gasteiger partial charge < -0.3 is 19.2 Å².